The molecule has 3 aromatic heterocycles. The highest BCUT2D eigenvalue weighted by Gasteiger charge is 2.31. The van der Waals surface area contributed by atoms with Crippen LogP contribution in [0.2, 0.25) is 0 Å². The zero-order valence-corrected chi connectivity index (χ0v) is 17.8. The van der Waals surface area contributed by atoms with Crippen LogP contribution in [-0.4, -0.2) is 57.6 Å². The molecule has 3 N–H and O–H groups in total. The van der Waals surface area contributed by atoms with E-state index in [-0.39, 0.29) is 28.9 Å². The van der Waals surface area contributed by atoms with Crippen LogP contribution >= 0.6 is 0 Å². The molecule has 10 nitrogen and oxygen atoms in total. The van der Waals surface area contributed by atoms with Gasteiger partial charge in [-0.05, 0) is 25.7 Å². The lowest BCUT2D eigenvalue weighted by molar-refractivity contribution is 0.474. The Balaban J connectivity index is 1.61. The number of hydrogen-bond donors (Lipinski definition) is 2. The highest BCUT2D eigenvalue weighted by molar-refractivity contribution is 7.91. The van der Waals surface area contributed by atoms with Crippen molar-refractivity contribution in [2.45, 2.75) is 25.8 Å². The largest absolute Gasteiger partial charge is 0.382 e. The smallest absolute Gasteiger partial charge is 0.264 e. The normalized spacial score (nSPS) is 20.0. The van der Waals surface area contributed by atoms with Crippen molar-refractivity contribution in [2.24, 2.45) is 13.0 Å². The molecule has 1 aliphatic carbocycles. The first-order chi connectivity index (χ1) is 14.2. The molecule has 2 aliphatic rings. The summed E-state index contributed by atoms with van der Waals surface area (Å²) in [7, 11) is -1.13. The zero-order valence-electron chi connectivity index (χ0n) is 17.0. The molecule has 0 spiro atoms. The zero-order chi connectivity index (χ0) is 21.2. The average molecular weight is 432 g/mol. The molecule has 5 rings (SSSR count). The Labute approximate surface area is 173 Å². The Morgan fingerprint density at radius 1 is 1.27 bits per heavy atom. The minimum absolute atomic E-state index is 0.0745. The number of nitrogen functional groups attached to an aromatic ring is 1. The van der Waals surface area contributed by atoms with Crippen LogP contribution in [0.4, 0.5) is 11.6 Å². The van der Waals surface area contributed by atoms with Crippen molar-refractivity contribution in [1.29, 1.82) is 0 Å². The fraction of sp³-hybridized carbons (Fsp3) is 0.526. The number of anilines is 2. The van der Waals surface area contributed by atoms with Gasteiger partial charge in [-0.2, -0.15) is 10.2 Å². The molecule has 1 aliphatic heterocycles. The summed E-state index contributed by atoms with van der Waals surface area (Å²) < 4.78 is 27.1. The third-order valence-corrected chi connectivity index (χ3v) is 7.93. The molecule has 11 heteroatoms. The molecular formula is C19H25N7O3S. The van der Waals surface area contributed by atoms with Crippen molar-refractivity contribution in [3.05, 3.63) is 22.6 Å². The summed E-state index contributed by atoms with van der Waals surface area (Å²) in [5, 5.41) is 12.0. The first-order valence-electron chi connectivity index (χ1n) is 10.1. The van der Waals surface area contributed by atoms with Crippen molar-refractivity contribution in [1.82, 2.24) is 24.5 Å². The van der Waals surface area contributed by atoms with E-state index >= 15 is 0 Å². The number of nitrogens with one attached hydrogen (secondary N) is 1. The fourth-order valence-corrected chi connectivity index (χ4v) is 5.49. The van der Waals surface area contributed by atoms with E-state index in [9.17, 15) is 13.2 Å². The Hall–Kier alpha value is -2.82. The van der Waals surface area contributed by atoms with Gasteiger partial charge in [0.15, 0.2) is 15.7 Å². The predicted molar refractivity (Wildman–Crippen MR) is 115 cm³/mol. The van der Waals surface area contributed by atoms with E-state index < -0.39 is 9.84 Å². The van der Waals surface area contributed by atoms with Gasteiger partial charge >= 0.3 is 0 Å². The number of hydrogen-bond acceptors (Lipinski definition) is 7. The first kappa shape index (κ1) is 19.2. The molecule has 2 fully saturated rings. The van der Waals surface area contributed by atoms with Crippen molar-refractivity contribution in [2.75, 3.05) is 35.2 Å². The number of nitrogens with zero attached hydrogens (tertiary/aromatic N) is 5. The first-order valence-corrected chi connectivity index (χ1v) is 12.0. The Kier molecular flexibility index (Phi) is 4.21. The number of rotatable bonds is 4. The standard InChI is InChI=1S/C19H25N7O3S/c1-11(12-3-4-12)26-10-13(17-16(19(26)27)18(20)22-21-17)14-9-15(24(2)23-14)25-5-7-30(28,29)8-6-25/h9-12H,3-8H2,1-2H3,(H3,20,21,22). The third kappa shape index (κ3) is 3.08. The Morgan fingerprint density at radius 3 is 2.63 bits per heavy atom. The number of fused-ring (bicyclic) bond motifs is 1. The van der Waals surface area contributed by atoms with Crippen molar-refractivity contribution in [3.63, 3.8) is 0 Å². The maximum atomic E-state index is 13.1. The van der Waals surface area contributed by atoms with Gasteiger partial charge in [-0.1, -0.05) is 0 Å². The number of aromatic nitrogens is 5. The predicted octanol–water partition coefficient (Wildman–Crippen LogP) is 0.913. The van der Waals surface area contributed by atoms with Crippen LogP contribution in [0.5, 0.6) is 0 Å². The summed E-state index contributed by atoms with van der Waals surface area (Å²) in [5.41, 5.74) is 7.89. The van der Waals surface area contributed by atoms with Gasteiger partial charge in [0.05, 0.1) is 22.7 Å². The van der Waals surface area contributed by atoms with Gasteiger partial charge in [-0.15, -0.1) is 0 Å². The summed E-state index contributed by atoms with van der Waals surface area (Å²) >= 11 is 0. The van der Waals surface area contributed by atoms with E-state index in [1.54, 1.807) is 9.25 Å². The van der Waals surface area contributed by atoms with E-state index in [2.05, 4.69) is 22.2 Å². The summed E-state index contributed by atoms with van der Waals surface area (Å²) in [5.74, 6) is 1.80. The quantitative estimate of drug-likeness (QED) is 0.627. The molecule has 4 heterocycles. The molecular weight excluding hydrogens is 406 g/mol. The topological polar surface area (TPSA) is 132 Å². The minimum atomic E-state index is -2.97. The second-order valence-electron chi connectivity index (χ2n) is 8.34. The van der Waals surface area contributed by atoms with Crippen LogP contribution in [0, 0.1) is 5.92 Å². The van der Waals surface area contributed by atoms with Crippen molar-refractivity contribution < 1.29 is 8.42 Å². The van der Waals surface area contributed by atoms with Crippen LogP contribution in [0.15, 0.2) is 17.1 Å². The van der Waals surface area contributed by atoms with E-state index in [1.165, 1.54) is 0 Å². The van der Waals surface area contributed by atoms with Gasteiger partial charge in [0, 0.05) is 44.0 Å². The van der Waals surface area contributed by atoms with Gasteiger partial charge in [0.25, 0.3) is 5.56 Å². The monoisotopic (exact) mass is 431 g/mol. The lowest BCUT2D eigenvalue weighted by atomic mass is 10.1. The SMILES string of the molecule is CC(C1CC1)n1cc(-c2cc(N3CCS(=O)(=O)CC3)n(C)n2)c2[nH]nc(N)c2c1=O. The second kappa shape index (κ2) is 6.59. The number of H-pyrrole nitrogens is 1. The highest BCUT2D eigenvalue weighted by atomic mass is 32.2. The van der Waals surface area contributed by atoms with Crippen LogP contribution in [-0.2, 0) is 16.9 Å². The Bertz CT molecular complexity index is 1290. The van der Waals surface area contributed by atoms with Gasteiger partial charge in [-0.3, -0.25) is 14.6 Å². The summed E-state index contributed by atoms with van der Waals surface area (Å²) in [4.78, 5) is 15.1. The van der Waals surface area contributed by atoms with Gasteiger partial charge in [-0.25, -0.2) is 8.42 Å². The summed E-state index contributed by atoms with van der Waals surface area (Å²) in [6, 6.07) is 2.01. The van der Waals surface area contributed by atoms with E-state index in [1.807, 2.05) is 24.2 Å². The molecule has 160 valence electrons. The summed E-state index contributed by atoms with van der Waals surface area (Å²) in [6.45, 7) is 2.93. The number of sulfone groups is 1. The number of nitrogens with two attached hydrogens (primary N) is 1. The van der Waals surface area contributed by atoms with Crippen molar-refractivity contribution in [3.8, 4) is 11.3 Å². The Morgan fingerprint density at radius 2 is 1.97 bits per heavy atom. The lowest BCUT2D eigenvalue weighted by Gasteiger charge is -2.28. The molecule has 0 amide bonds. The van der Waals surface area contributed by atoms with Crippen LogP contribution in [0.25, 0.3) is 22.2 Å². The van der Waals surface area contributed by atoms with Crippen LogP contribution < -0.4 is 16.2 Å². The molecule has 3 aromatic rings. The van der Waals surface area contributed by atoms with Crippen molar-refractivity contribution >= 4 is 32.4 Å². The lowest BCUT2D eigenvalue weighted by Crippen LogP contribution is -2.41. The van der Waals surface area contributed by atoms with Crippen LogP contribution in [0.1, 0.15) is 25.8 Å². The average Bonchev–Trinajstić information content (AvgIpc) is 3.38. The van der Waals surface area contributed by atoms with Gasteiger partial charge < -0.3 is 15.2 Å². The number of aryl methyl sites for hydroxylation is 1. The van der Waals surface area contributed by atoms with E-state index in [0.29, 0.717) is 35.6 Å². The highest BCUT2D eigenvalue weighted by Crippen LogP contribution is 2.40. The number of pyridine rings is 1. The molecule has 1 saturated carbocycles. The maximum Gasteiger partial charge on any atom is 0.264 e. The van der Waals surface area contributed by atoms with Gasteiger partial charge in [0.2, 0.25) is 0 Å². The maximum absolute atomic E-state index is 13.1. The summed E-state index contributed by atoms with van der Waals surface area (Å²) in [6.07, 6.45) is 4.08. The molecule has 1 saturated heterocycles. The minimum Gasteiger partial charge on any atom is -0.382 e. The molecule has 0 aromatic carbocycles. The fourth-order valence-electron chi connectivity index (χ4n) is 4.29. The molecule has 30 heavy (non-hydrogen) atoms. The van der Waals surface area contributed by atoms with E-state index in [0.717, 1.165) is 24.2 Å². The van der Waals surface area contributed by atoms with Crippen LogP contribution in [0.3, 0.4) is 0 Å². The van der Waals surface area contributed by atoms with E-state index in [4.69, 9.17) is 5.73 Å². The molecule has 1 atom stereocenters. The van der Waals surface area contributed by atoms with Gasteiger partial charge in [0.1, 0.15) is 11.2 Å². The number of aromatic amines is 1. The molecule has 0 radical (unpaired) electrons. The molecule has 1 unspecified atom stereocenters. The second-order valence-corrected chi connectivity index (χ2v) is 10.6. The third-order valence-electron chi connectivity index (χ3n) is 6.32. The molecule has 0 bridgehead atoms.